The second-order valence-corrected chi connectivity index (χ2v) is 6.78. The summed E-state index contributed by atoms with van der Waals surface area (Å²) in [5, 5.41) is 6.59. The van der Waals surface area contributed by atoms with Crippen molar-refractivity contribution in [1.29, 1.82) is 0 Å². The Morgan fingerprint density at radius 2 is 1.71 bits per heavy atom. The molecular formula is C23H16N2O3. The van der Waals surface area contributed by atoms with Crippen molar-refractivity contribution in [2.24, 2.45) is 5.10 Å². The first kappa shape index (κ1) is 16.4. The van der Waals surface area contributed by atoms with Gasteiger partial charge in [0.15, 0.2) is 5.43 Å². The summed E-state index contributed by atoms with van der Waals surface area (Å²) in [5.74, 6) is -0.633. The Labute approximate surface area is 160 Å². The number of hydrogen-bond acceptors (Lipinski definition) is 5. The molecule has 1 unspecified atom stereocenters. The molecule has 5 rings (SSSR count). The first-order chi connectivity index (χ1) is 13.7. The standard InChI is InChI=1S/C23H16N2O3/c26-22-17-9-3-4-11-20(17)28-13-19(22)18-12-24-25-21(18)23(27)16-10-5-7-14-6-1-2-8-15(14)16/h1-11,13,18,24H,12H2. The number of Topliss-reactive ketones (excluding diaryl/α,β-unsaturated/α-hetero) is 1. The Hall–Kier alpha value is -3.73. The number of hydrogen-bond donors (Lipinski definition) is 1. The summed E-state index contributed by atoms with van der Waals surface area (Å²) in [6.07, 6.45) is 1.45. The first-order valence-corrected chi connectivity index (χ1v) is 9.07. The highest BCUT2D eigenvalue weighted by Gasteiger charge is 2.32. The summed E-state index contributed by atoms with van der Waals surface area (Å²) >= 11 is 0. The van der Waals surface area contributed by atoms with Crippen LogP contribution < -0.4 is 10.9 Å². The average Bonchev–Trinajstić information content (AvgIpc) is 3.23. The Bertz CT molecular complexity index is 1310. The molecule has 0 fully saturated rings. The fourth-order valence-corrected chi connectivity index (χ4v) is 3.76. The molecule has 0 amide bonds. The summed E-state index contributed by atoms with van der Waals surface area (Å²) in [4.78, 5) is 26.3. The van der Waals surface area contributed by atoms with E-state index in [2.05, 4.69) is 10.5 Å². The van der Waals surface area contributed by atoms with E-state index in [1.54, 1.807) is 24.3 Å². The van der Waals surface area contributed by atoms with E-state index in [4.69, 9.17) is 4.42 Å². The first-order valence-electron chi connectivity index (χ1n) is 9.07. The van der Waals surface area contributed by atoms with Crippen molar-refractivity contribution in [3.63, 3.8) is 0 Å². The summed E-state index contributed by atoms with van der Waals surface area (Å²) in [7, 11) is 0. The van der Waals surface area contributed by atoms with Gasteiger partial charge in [0.25, 0.3) is 0 Å². The fourth-order valence-electron chi connectivity index (χ4n) is 3.76. The number of carbonyl (C=O) groups excluding carboxylic acids is 1. The van der Waals surface area contributed by atoms with Crippen molar-refractivity contribution >= 4 is 33.2 Å². The number of rotatable bonds is 3. The highest BCUT2D eigenvalue weighted by Crippen LogP contribution is 2.26. The van der Waals surface area contributed by atoms with Crippen molar-refractivity contribution in [1.82, 2.24) is 5.43 Å². The molecule has 1 N–H and O–H groups in total. The molecular weight excluding hydrogens is 352 g/mol. The minimum Gasteiger partial charge on any atom is -0.464 e. The maximum atomic E-state index is 13.3. The van der Waals surface area contributed by atoms with Gasteiger partial charge in [0.1, 0.15) is 11.3 Å². The largest absolute Gasteiger partial charge is 0.464 e. The molecule has 0 aliphatic carbocycles. The molecule has 0 saturated heterocycles. The lowest BCUT2D eigenvalue weighted by atomic mass is 9.89. The van der Waals surface area contributed by atoms with Crippen molar-refractivity contribution in [3.05, 3.63) is 94.3 Å². The summed E-state index contributed by atoms with van der Waals surface area (Å²) in [6.45, 7) is 0.384. The number of nitrogens with zero attached hydrogens (tertiary/aromatic N) is 1. The minimum absolute atomic E-state index is 0.131. The topological polar surface area (TPSA) is 71.7 Å². The van der Waals surface area contributed by atoms with Gasteiger partial charge in [0.05, 0.1) is 17.6 Å². The van der Waals surface area contributed by atoms with Gasteiger partial charge in [-0.25, -0.2) is 0 Å². The minimum atomic E-state index is -0.452. The molecule has 5 nitrogen and oxygen atoms in total. The van der Waals surface area contributed by atoms with Crippen LogP contribution in [0.25, 0.3) is 21.7 Å². The molecule has 0 saturated carbocycles. The third kappa shape index (κ3) is 2.52. The number of fused-ring (bicyclic) bond motifs is 2. The number of benzene rings is 3. The zero-order valence-corrected chi connectivity index (χ0v) is 14.9. The van der Waals surface area contributed by atoms with Gasteiger partial charge in [0, 0.05) is 17.7 Å². The molecule has 0 spiro atoms. The van der Waals surface area contributed by atoms with E-state index in [0.717, 1.165) is 10.8 Å². The van der Waals surface area contributed by atoms with E-state index in [9.17, 15) is 9.59 Å². The Morgan fingerprint density at radius 3 is 2.61 bits per heavy atom. The molecule has 2 heterocycles. The van der Waals surface area contributed by atoms with Crippen LogP contribution in [-0.4, -0.2) is 18.0 Å². The van der Waals surface area contributed by atoms with Crippen LogP contribution in [0.2, 0.25) is 0 Å². The van der Waals surface area contributed by atoms with Gasteiger partial charge >= 0.3 is 0 Å². The van der Waals surface area contributed by atoms with Crippen LogP contribution in [-0.2, 0) is 0 Å². The third-order valence-electron chi connectivity index (χ3n) is 5.17. The third-order valence-corrected chi connectivity index (χ3v) is 5.17. The van der Waals surface area contributed by atoms with Crippen molar-refractivity contribution in [3.8, 4) is 0 Å². The van der Waals surface area contributed by atoms with Crippen LogP contribution >= 0.6 is 0 Å². The highest BCUT2D eigenvalue weighted by atomic mass is 16.3. The van der Waals surface area contributed by atoms with E-state index in [0.29, 0.717) is 34.4 Å². The molecule has 5 heteroatoms. The van der Waals surface area contributed by atoms with Crippen LogP contribution in [0.15, 0.2) is 87.3 Å². The lowest BCUT2D eigenvalue weighted by Gasteiger charge is -2.12. The Balaban J connectivity index is 1.60. The van der Waals surface area contributed by atoms with Crippen LogP contribution in [0, 0.1) is 0 Å². The number of hydrazone groups is 1. The van der Waals surface area contributed by atoms with Crippen LogP contribution in [0.3, 0.4) is 0 Å². The quantitative estimate of drug-likeness (QED) is 0.557. The zero-order valence-electron chi connectivity index (χ0n) is 14.9. The molecule has 1 aromatic heterocycles. The van der Waals surface area contributed by atoms with Crippen molar-refractivity contribution in [2.45, 2.75) is 5.92 Å². The monoisotopic (exact) mass is 368 g/mol. The number of ketones is 1. The second-order valence-electron chi connectivity index (χ2n) is 6.78. The maximum Gasteiger partial charge on any atom is 0.210 e. The molecule has 1 atom stereocenters. The molecule has 4 aromatic rings. The van der Waals surface area contributed by atoms with Gasteiger partial charge in [-0.2, -0.15) is 5.10 Å². The van der Waals surface area contributed by atoms with Gasteiger partial charge in [-0.3, -0.25) is 9.59 Å². The van der Waals surface area contributed by atoms with E-state index < -0.39 is 5.92 Å². The summed E-state index contributed by atoms with van der Waals surface area (Å²) < 4.78 is 5.65. The van der Waals surface area contributed by atoms with Crippen LogP contribution in [0.4, 0.5) is 0 Å². The molecule has 0 radical (unpaired) electrons. The normalized spacial score (nSPS) is 16.1. The van der Waals surface area contributed by atoms with Crippen LogP contribution in [0.5, 0.6) is 0 Å². The molecule has 28 heavy (non-hydrogen) atoms. The molecule has 3 aromatic carbocycles. The van der Waals surface area contributed by atoms with E-state index in [-0.39, 0.29) is 11.2 Å². The predicted octanol–water partition coefficient (Wildman–Crippen LogP) is 3.87. The van der Waals surface area contributed by atoms with Gasteiger partial charge in [-0.15, -0.1) is 0 Å². The van der Waals surface area contributed by atoms with E-state index in [1.807, 2.05) is 42.5 Å². The molecule has 136 valence electrons. The smallest absolute Gasteiger partial charge is 0.210 e. The molecule has 1 aliphatic heterocycles. The Morgan fingerprint density at radius 1 is 0.964 bits per heavy atom. The zero-order chi connectivity index (χ0) is 19.1. The van der Waals surface area contributed by atoms with Gasteiger partial charge in [-0.05, 0) is 22.9 Å². The lowest BCUT2D eigenvalue weighted by molar-refractivity contribution is 0.106. The van der Waals surface area contributed by atoms with E-state index >= 15 is 0 Å². The summed E-state index contributed by atoms with van der Waals surface area (Å²) in [6, 6.07) is 20.5. The number of carbonyl (C=O) groups is 1. The molecule has 0 bridgehead atoms. The van der Waals surface area contributed by atoms with Crippen LogP contribution in [0.1, 0.15) is 21.8 Å². The Kier molecular flexibility index (Phi) is 3.79. The molecule has 1 aliphatic rings. The van der Waals surface area contributed by atoms with E-state index in [1.165, 1.54) is 6.26 Å². The maximum absolute atomic E-state index is 13.3. The number of para-hydroxylation sites is 1. The van der Waals surface area contributed by atoms with Crippen molar-refractivity contribution in [2.75, 3.05) is 6.54 Å². The fraction of sp³-hybridized carbons (Fsp3) is 0.0870. The average molecular weight is 368 g/mol. The van der Waals surface area contributed by atoms with Gasteiger partial charge in [-0.1, -0.05) is 54.6 Å². The van der Waals surface area contributed by atoms with Gasteiger partial charge in [0.2, 0.25) is 5.78 Å². The predicted molar refractivity (Wildman–Crippen MR) is 109 cm³/mol. The summed E-state index contributed by atoms with van der Waals surface area (Å²) in [5.41, 5.74) is 4.63. The van der Waals surface area contributed by atoms with Crippen molar-refractivity contribution < 1.29 is 9.21 Å². The van der Waals surface area contributed by atoms with Gasteiger partial charge < -0.3 is 9.84 Å². The SMILES string of the molecule is O=C(C1=NNCC1c1coc2ccccc2c1=O)c1cccc2ccccc12. The highest BCUT2D eigenvalue weighted by molar-refractivity contribution is 6.49. The number of nitrogens with one attached hydrogen (secondary N) is 1. The second kappa shape index (κ2) is 6.46. The lowest BCUT2D eigenvalue weighted by Crippen LogP contribution is -2.26.